The Labute approximate surface area is 36.4 Å². The summed E-state index contributed by atoms with van der Waals surface area (Å²) in [6.45, 7) is 0. The van der Waals surface area contributed by atoms with Crippen molar-refractivity contribution in [3.8, 4) is 0 Å². The molecule has 0 saturated carbocycles. The predicted molar refractivity (Wildman–Crippen MR) is 24.2 cm³/mol. The molecular weight excluding hydrogens is 79.0 g/mol. The van der Waals surface area contributed by atoms with E-state index in [2.05, 4.69) is 0 Å². The van der Waals surface area contributed by atoms with Crippen LogP contribution in [0.15, 0.2) is 0 Å². The Morgan fingerprint density at radius 3 is 1.80 bits per heavy atom. The van der Waals surface area contributed by atoms with E-state index in [1.807, 2.05) is 11.6 Å². The topological polar surface area (TPSA) is 17.1 Å². The molecule has 0 bridgehead atoms. The summed E-state index contributed by atoms with van der Waals surface area (Å²) in [4.78, 5) is 9.57. The number of carbonyl (C=O) groups excluding carboxylic acids is 1. The van der Waals surface area contributed by atoms with Gasteiger partial charge >= 0.3 is 14.1 Å². The van der Waals surface area contributed by atoms with Gasteiger partial charge in [0.1, 0.15) is 0 Å². The highest BCUT2D eigenvalue weighted by Gasteiger charge is 1.94. The molecule has 28 valence electrons. The molecule has 0 unspecified atom stereocenters. The second-order valence-electron chi connectivity index (χ2n) is 1.38. The van der Waals surface area contributed by atoms with Crippen LogP contribution < -0.4 is 0 Å². The fourth-order valence-electron chi connectivity index (χ4n) is 0. The van der Waals surface area contributed by atoms with Crippen molar-refractivity contribution in [3.05, 3.63) is 0 Å². The molecule has 0 spiro atoms. The Morgan fingerprint density at radius 2 is 1.80 bits per heavy atom. The molecule has 0 aromatic rings. The molecule has 0 N–H and O–H groups in total. The van der Waals surface area contributed by atoms with Gasteiger partial charge in [-0.2, -0.15) is 0 Å². The molecule has 0 atom stereocenters. The summed E-state index contributed by atoms with van der Waals surface area (Å²) >= 11 is -0.830. The van der Waals surface area contributed by atoms with Crippen LogP contribution in [-0.2, 0) is 4.79 Å². The lowest BCUT2D eigenvalue weighted by Gasteiger charge is -1.67. The van der Waals surface area contributed by atoms with Crippen molar-refractivity contribution in [2.45, 2.75) is 11.6 Å². The van der Waals surface area contributed by atoms with Crippen LogP contribution in [0.5, 0.6) is 0 Å². The van der Waals surface area contributed by atoms with E-state index >= 15 is 0 Å². The van der Waals surface area contributed by atoms with Crippen molar-refractivity contribution < 1.29 is 4.79 Å². The van der Waals surface area contributed by atoms with Crippen LogP contribution >= 0.6 is 0 Å². The maximum Gasteiger partial charge on any atom is 0.353 e. The lowest BCUT2D eigenvalue weighted by atomic mass is 11.8. The molecule has 0 aliphatic rings. The summed E-state index contributed by atoms with van der Waals surface area (Å²) in [5, 5.41) is 1.06. The Morgan fingerprint density at radius 1 is 1.60 bits per heavy atom. The van der Waals surface area contributed by atoms with Crippen LogP contribution in [0.4, 0.5) is 0 Å². The van der Waals surface area contributed by atoms with E-state index in [0.717, 1.165) is 5.15 Å². The van der Waals surface area contributed by atoms with Gasteiger partial charge in [-0.1, -0.05) is 11.6 Å². The van der Waals surface area contributed by atoms with Crippen LogP contribution in [0.2, 0.25) is 11.6 Å². The molecular formula is C3H7AlO. The van der Waals surface area contributed by atoms with Crippen LogP contribution in [0, 0.1) is 0 Å². The molecule has 0 aromatic carbocycles. The standard InChI is InChI=1S/CHO.2CH3.Al/c1-2;;;/h1H;2*1H3;. The van der Waals surface area contributed by atoms with E-state index in [-0.39, 0.29) is 0 Å². The zero-order chi connectivity index (χ0) is 4.28. The van der Waals surface area contributed by atoms with Gasteiger partial charge in [-0.3, -0.25) is 0 Å². The summed E-state index contributed by atoms with van der Waals surface area (Å²) in [5.41, 5.74) is 0. The van der Waals surface area contributed by atoms with Crippen molar-refractivity contribution in [2.75, 3.05) is 0 Å². The van der Waals surface area contributed by atoms with Crippen LogP contribution in [0.3, 0.4) is 0 Å². The van der Waals surface area contributed by atoms with Crippen molar-refractivity contribution >= 4 is 19.3 Å². The van der Waals surface area contributed by atoms with Gasteiger partial charge in [0.2, 0.25) is 0 Å². The Kier molecular flexibility index (Phi) is 2.54. The minimum Gasteiger partial charge on any atom is -0.324 e. The van der Waals surface area contributed by atoms with Gasteiger partial charge in [-0.15, -0.1) is 0 Å². The SMILES string of the molecule is [CH3][Al]([CH3])[CH]=O. The van der Waals surface area contributed by atoms with E-state index in [1.165, 1.54) is 0 Å². The van der Waals surface area contributed by atoms with Gasteiger partial charge in [0.15, 0.2) is 0 Å². The molecule has 0 aliphatic heterocycles. The summed E-state index contributed by atoms with van der Waals surface area (Å²) < 4.78 is 0. The molecule has 0 aliphatic carbocycles. The normalized spacial score (nSPS) is 6.80. The van der Waals surface area contributed by atoms with Gasteiger partial charge in [0.25, 0.3) is 0 Å². The highest BCUT2D eigenvalue weighted by molar-refractivity contribution is 6.82. The lowest BCUT2D eigenvalue weighted by Crippen LogP contribution is -1.98. The van der Waals surface area contributed by atoms with E-state index < -0.39 is 14.1 Å². The molecule has 0 fully saturated rings. The van der Waals surface area contributed by atoms with Gasteiger partial charge in [-0.25, -0.2) is 0 Å². The fourth-order valence-corrected chi connectivity index (χ4v) is 0. The molecule has 5 heavy (non-hydrogen) atoms. The molecule has 0 saturated heterocycles. The summed E-state index contributed by atoms with van der Waals surface area (Å²) in [5.74, 6) is 3.99. The number of rotatable bonds is 1. The number of carbonyl (C=O) groups is 1. The second kappa shape index (κ2) is 2.44. The van der Waals surface area contributed by atoms with Gasteiger partial charge < -0.3 is 4.79 Å². The molecule has 0 aromatic heterocycles. The maximum atomic E-state index is 9.57. The maximum absolute atomic E-state index is 9.57. The van der Waals surface area contributed by atoms with E-state index in [1.54, 1.807) is 0 Å². The lowest BCUT2D eigenvalue weighted by molar-refractivity contribution is 0.568. The molecule has 0 rings (SSSR count). The molecule has 2 heteroatoms. The average Bonchev–Trinajstić information content (AvgIpc) is 1.38. The van der Waals surface area contributed by atoms with Crippen molar-refractivity contribution in [3.63, 3.8) is 0 Å². The fraction of sp³-hybridized carbons (Fsp3) is 0.667. The third-order valence-electron chi connectivity index (χ3n) is 0.272. The molecule has 0 radical (unpaired) electrons. The first kappa shape index (κ1) is 5.20. The zero-order valence-corrected chi connectivity index (χ0v) is 4.72. The highest BCUT2D eigenvalue weighted by Crippen LogP contribution is 1.64. The van der Waals surface area contributed by atoms with Crippen LogP contribution in [0.1, 0.15) is 0 Å². The average molecular weight is 86.1 g/mol. The van der Waals surface area contributed by atoms with Gasteiger partial charge in [0.05, 0.1) is 0 Å². The van der Waals surface area contributed by atoms with Crippen molar-refractivity contribution in [1.82, 2.24) is 0 Å². The van der Waals surface area contributed by atoms with Crippen molar-refractivity contribution in [1.29, 1.82) is 0 Å². The minimum absolute atomic E-state index is 0.830. The number of hydrogen-bond acceptors (Lipinski definition) is 1. The predicted octanol–water partition coefficient (Wildman–Crippen LogP) is 0.513. The first-order valence-electron chi connectivity index (χ1n) is 1.72. The first-order chi connectivity index (χ1) is 2.27. The summed E-state index contributed by atoms with van der Waals surface area (Å²) in [6.07, 6.45) is 0. The summed E-state index contributed by atoms with van der Waals surface area (Å²) in [7, 11) is 0. The molecule has 0 amide bonds. The zero-order valence-electron chi connectivity index (χ0n) is 3.56. The Bertz CT molecular complexity index is 33.9. The molecule has 0 heterocycles. The second-order valence-corrected chi connectivity index (χ2v) is 4.14. The first-order valence-corrected chi connectivity index (χ1v) is 4.70. The van der Waals surface area contributed by atoms with E-state index in [0.29, 0.717) is 0 Å². The van der Waals surface area contributed by atoms with Crippen LogP contribution in [-0.4, -0.2) is 19.3 Å². The quantitative estimate of drug-likeness (QED) is 0.335. The largest absolute Gasteiger partial charge is 0.353 e. The van der Waals surface area contributed by atoms with Gasteiger partial charge in [0, 0.05) is 5.15 Å². The third-order valence-corrected chi connectivity index (χ3v) is 0.816. The Balaban J connectivity index is 2.83. The Hall–Kier alpha value is 0.202. The minimum atomic E-state index is -0.830. The molecule has 1 nitrogen and oxygen atoms in total. The smallest absolute Gasteiger partial charge is 0.324 e. The summed E-state index contributed by atoms with van der Waals surface area (Å²) in [6, 6.07) is 0. The monoisotopic (exact) mass is 86.0 g/mol. The van der Waals surface area contributed by atoms with Gasteiger partial charge in [-0.05, 0) is 0 Å². The van der Waals surface area contributed by atoms with E-state index in [9.17, 15) is 4.79 Å². The third kappa shape index (κ3) is 4.20. The van der Waals surface area contributed by atoms with Crippen molar-refractivity contribution in [2.24, 2.45) is 0 Å². The number of hydrogen-bond donors (Lipinski definition) is 0. The van der Waals surface area contributed by atoms with Crippen LogP contribution in [0.25, 0.3) is 0 Å². The van der Waals surface area contributed by atoms with E-state index in [4.69, 9.17) is 0 Å². The highest BCUT2D eigenvalue weighted by atomic mass is 27.2.